The average molecular weight is 252 g/mol. The summed E-state index contributed by atoms with van der Waals surface area (Å²) in [6, 6.07) is 2.03. The van der Waals surface area contributed by atoms with Gasteiger partial charge >= 0.3 is 5.97 Å². The summed E-state index contributed by atoms with van der Waals surface area (Å²) in [6.45, 7) is 0.238. The minimum Gasteiger partial charge on any atom is -0.481 e. The Morgan fingerprint density at radius 3 is 2.89 bits per heavy atom. The molecule has 1 aliphatic heterocycles. The third-order valence-electron chi connectivity index (χ3n) is 2.75. The van der Waals surface area contributed by atoms with Crippen molar-refractivity contribution in [2.45, 2.75) is 6.04 Å². The van der Waals surface area contributed by atoms with Gasteiger partial charge in [0.2, 0.25) is 5.56 Å². The fraction of sp³-hybridized carbons (Fsp3) is 0.364. The summed E-state index contributed by atoms with van der Waals surface area (Å²) in [5.74, 6) is -2.25. The molecule has 0 spiro atoms. The Balaban J connectivity index is 2.07. The van der Waals surface area contributed by atoms with E-state index in [1.807, 2.05) is 0 Å². The molecule has 2 atom stereocenters. The number of ether oxygens (including phenoxy) is 1. The summed E-state index contributed by atoms with van der Waals surface area (Å²) in [5, 5.41) is 11.5. The van der Waals surface area contributed by atoms with Gasteiger partial charge in [-0.1, -0.05) is 0 Å². The van der Waals surface area contributed by atoms with Gasteiger partial charge in [0.15, 0.2) is 0 Å². The van der Waals surface area contributed by atoms with Crippen LogP contribution < -0.4 is 10.9 Å². The molecule has 7 heteroatoms. The van der Waals surface area contributed by atoms with Crippen molar-refractivity contribution >= 4 is 11.9 Å². The van der Waals surface area contributed by atoms with Crippen molar-refractivity contribution in [1.29, 1.82) is 0 Å². The predicted octanol–water partition coefficient (Wildman–Crippen LogP) is -0.796. The zero-order valence-electron chi connectivity index (χ0n) is 9.38. The number of carboxylic acids is 1. The Morgan fingerprint density at radius 2 is 2.22 bits per heavy atom. The van der Waals surface area contributed by atoms with E-state index in [1.165, 1.54) is 12.3 Å². The van der Waals surface area contributed by atoms with Gasteiger partial charge in [0.05, 0.1) is 19.3 Å². The van der Waals surface area contributed by atoms with Crippen molar-refractivity contribution in [2.24, 2.45) is 5.92 Å². The fourth-order valence-electron chi connectivity index (χ4n) is 1.78. The highest BCUT2D eigenvalue weighted by Gasteiger charge is 2.35. The van der Waals surface area contributed by atoms with Crippen LogP contribution in [0, 0.1) is 5.92 Å². The van der Waals surface area contributed by atoms with Gasteiger partial charge in [0.1, 0.15) is 5.92 Å². The third-order valence-corrected chi connectivity index (χ3v) is 2.75. The van der Waals surface area contributed by atoms with E-state index in [9.17, 15) is 14.4 Å². The lowest BCUT2D eigenvalue weighted by molar-refractivity contribution is -0.142. The predicted molar refractivity (Wildman–Crippen MR) is 60.3 cm³/mol. The van der Waals surface area contributed by atoms with Crippen molar-refractivity contribution in [3.8, 4) is 0 Å². The second-order valence-corrected chi connectivity index (χ2v) is 4.00. The third kappa shape index (κ3) is 2.57. The first-order valence-corrected chi connectivity index (χ1v) is 5.38. The zero-order valence-corrected chi connectivity index (χ0v) is 9.38. The summed E-state index contributed by atoms with van der Waals surface area (Å²) >= 11 is 0. The minimum absolute atomic E-state index is 0.0790. The number of H-pyrrole nitrogens is 1. The van der Waals surface area contributed by atoms with E-state index < -0.39 is 23.8 Å². The Bertz CT molecular complexity index is 524. The monoisotopic (exact) mass is 252 g/mol. The van der Waals surface area contributed by atoms with Crippen LogP contribution in [0.5, 0.6) is 0 Å². The number of carboxylic acid groups (broad SMARTS) is 1. The normalized spacial score (nSPS) is 22.7. The molecular formula is C11H12N2O5. The first-order chi connectivity index (χ1) is 8.58. The molecule has 18 heavy (non-hydrogen) atoms. The Kier molecular flexibility index (Phi) is 3.42. The van der Waals surface area contributed by atoms with Crippen molar-refractivity contribution in [2.75, 3.05) is 13.2 Å². The van der Waals surface area contributed by atoms with Gasteiger partial charge in [-0.2, -0.15) is 0 Å². The summed E-state index contributed by atoms with van der Waals surface area (Å²) in [7, 11) is 0. The maximum atomic E-state index is 11.8. The number of aromatic amines is 1. The van der Waals surface area contributed by atoms with Gasteiger partial charge in [-0.15, -0.1) is 0 Å². The summed E-state index contributed by atoms with van der Waals surface area (Å²) in [5.41, 5.74) is -0.199. The van der Waals surface area contributed by atoms with Gasteiger partial charge in [-0.05, 0) is 6.07 Å². The molecule has 3 N–H and O–H groups in total. The van der Waals surface area contributed by atoms with Crippen LogP contribution in [-0.4, -0.2) is 41.2 Å². The molecule has 1 aliphatic rings. The molecule has 1 saturated heterocycles. The number of aromatic nitrogens is 1. The number of rotatable bonds is 3. The number of hydrogen-bond acceptors (Lipinski definition) is 4. The van der Waals surface area contributed by atoms with Crippen LogP contribution in [-0.2, 0) is 9.53 Å². The van der Waals surface area contributed by atoms with E-state index in [4.69, 9.17) is 9.84 Å². The van der Waals surface area contributed by atoms with Crippen molar-refractivity contribution in [3.05, 3.63) is 34.2 Å². The molecular weight excluding hydrogens is 240 g/mol. The minimum atomic E-state index is -1.01. The number of amides is 1. The lowest BCUT2D eigenvalue weighted by Gasteiger charge is -2.15. The molecule has 1 aromatic heterocycles. The molecule has 2 unspecified atom stereocenters. The van der Waals surface area contributed by atoms with E-state index in [1.54, 1.807) is 0 Å². The van der Waals surface area contributed by atoms with Gasteiger partial charge in [-0.25, -0.2) is 0 Å². The highest BCUT2D eigenvalue weighted by atomic mass is 16.5. The number of pyridine rings is 1. The lowest BCUT2D eigenvalue weighted by Crippen LogP contribution is -2.42. The molecule has 0 aliphatic carbocycles. The Hall–Kier alpha value is -2.15. The SMILES string of the molecule is O=C(NC1COCC1C(=O)O)c1cc[nH]c(=O)c1. The molecule has 1 aromatic rings. The first-order valence-electron chi connectivity index (χ1n) is 5.38. The highest BCUT2D eigenvalue weighted by molar-refractivity contribution is 5.94. The molecule has 7 nitrogen and oxygen atoms in total. The molecule has 1 fully saturated rings. The first kappa shape index (κ1) is 12.3. The molecule has 0 radical (unpaired) electrons. The molecule has 2 rings (SSSR count). The summed E-state index contributed by atoms with van der Waals surface area (Å²) in [6.07, 6.45) is 1.36. The lowest BCUT2D eigenvalue weighted by atomic mass is 10.0. The number of aliphatic carboxylic acids is 1. The highest BCUT2D eigenvalue weighted by Crippen LogP contribution is 2.14. The molecule has 0 bridgehead atoms. The van der Waals surface area contributed by atoms with Crippen LogP contribution in [0.15, 0.2) is 23.1 Å². The van der Waals surface area contributed by atoms with Crippen molar-refractivity contribution in [1.82, 2.24) is 10.3 Å². The molecule has 2 heterocycles. The topological polar surface area (TPSA) is 108 Å². The van der Waals surface area contributed by atoms with Gasteiger partial charge in [0, 0.05) is 17.8 Å². The largest absolute Gasteiger partial charge is 0.481 e. The summed E-state index contributed by atoms with van der Waals surface area (Å²) in [4.78, 5) is 36.1. The molecule has 0 aromatic carbocycles. The van der Waals surface area contributed by atoms with Gasteiger partial charge in [0.25, 0.3) is 5.91 Å². The van der Waals surface area contributed by atoms with Crippen molar-refractivity contribution in [3.63, 3.8) is 0 Å². The van der Waals surface area contributed by atoms with Crippen LogP contribution in [0.4, 0.5) is 0 Å². The maximum Gasteiger partial charge on any atom is 0.311 e. The fourth-order valence-corrected chi connectivity index (χ4v) is 1.78. The maximum absolute atomic E-state index is 11.8. The van der Waals surface area contributed by atoms with Crippen LogP contribution in [0.25, 0.3) is 0 Å². The van der Waals surface area contributed by atoms with Crippen LogP contribution in [0.1, 0.15) is 10.4 Å². The number of carbonyl (C=O) groups is 2. The van der Waals surface area contributed by atoms with Crippen LogP contribution in [0.3, 0.4) is 0 Å². The Morgan fingerprint density at radius 1 is 1.44 bits per heavy atom. The number of carbonyl (C=O) groups excluding carboxylic acids is 1. The zero-order chi connectivity index (χ0) is 13.1. The molecule has 96 valence electrons. The van der Waals surface area contributed by atoms with Gasteiger partial charge < -0.3 is 20.1 Å². The van der Waals surface area contributed by atoms with E-state index in [0.717, 1.165) is 6.07 Å². The van der Waals surface area contributed by atoms with E-state index in [2.05, 4.69) is 10.3 Å². The number of nitrogens with one attached hydrogen (secondary N) is 2. The molecule has 1 amide bonds. The number of hydrogen-bond donors (Lipinski definition) is 3. The summed E-state index contributed by atoms with van der Waals surface area (Å²) < 4.78 is 5.03. The standard InChI is InChI=1S/C11H12N2O5/c14-9-3-6(1-2-12-9)10(15)13-8-5-18-4-7(8)11(16)17/h1-3,7-8H,4-5H2,(H,12,14)(H,13,15)(H,16,17). The average Bonchev–Trinajstić information content (AvgIpc) is 2.77. The quantitative estimate of drug-likeness (QED) is 0.653. The van der Waals surface area contributed by atoms with E-state index in [-0.39, 0.29) is 24.3 Å². The second kappa shape index (κ2) is 5.01. The smallest absolute Gasteiger partial charge is 0.311 e. The van der Waals surface area contributed by atoms with Crippen LogP contribution >= 0.6 is 0 Å². The van der Waals surface area contributed by atoms with Crippen LogP contribution in [0.2, 0.25) is 0 Å². The second-order valence-electron chi connectivity index (χ2n) is 4.00. The van der Waals surface area contributed by atoms with E-state index >= 15 is 0 Å². The van der Waals surface area contributed by atoms with E-state index in [0.29, 0.717) is 0 Å². The molecule has 0 saturated carbocycles. The van der Waals surface area contributed by atoms with Crippen molar-refractivity contribution < 1.29 is 19.4 Å². The Labute approximate surface area is 102 Å². The van der Waals surface area contributed by atoms with Gasteiger partial charge in [-0.3, -0.25) is 14.4 Å².